The first-order valence-electron chi connectivity index (χ1n) is 17.0. The summed E-state index contributed by atoms with van der Waals surface area (Å²) < 4.78 is 25.1. The standard InChI is InChI=1S/C40H50N2O6/c43-37-25-41(23-33-13-5-1-6-14-33)21-22-42(24-34-15-7-2-8-16-34)26-38(44)30-48-40(32-46-28-36-19-11-4-12-20-36)39(47-29-37)31-45-27-35-17-9-3-10-18-35/h1-20,37-40,43-44H,21-32H2/t37?,38?,39-,40-/m0/s1. The Morgan fingerprint density at radius 1 is 0.500 bits per heavy atom. The molecule has 0 radical (unpaired) electrons. The summed E-state index contributed by atoms with van der Waals surface area (Å²) in [4.78, 5) is 4.52. The van der Waals surface area contributed by atoms with Crippen molar-refractivity contribution in [3.05, 3.63) is 144 Å². The number of nitrogens with zero attached hydrogens (tertiary/aromatic N) is 2. The molecule has 2 N–H and O–H groups in total. The van der Waals surface area contributed by atoms with Crippen LogP contribution in [-0.4, -0.2) is 97.0 Å². The van der Waals surface area contributed by atoms with Gasteiger partial charge in [-0.3, -0.25) is 9.80 Å². The highest BCUT2D eigenvalue weighted by Crippen LogP contribution is 2.15. The number of ether oxygens (including phenoxy) is 4. The van der Waals surface area contributed by atoms with Crippen molar-refractivity contribution in [1.82, 2.24) is 9.80 Å². The molecule has 0 amide bonds. The molecule has 1 aliphatic heterocycles. The lowest BCUT2D eigenvalue weighted by molar-refractivity contribution is -0.153. The number of aliphatic hydroxyl groups is 2. The highest BCUT2D eigenvalue weighted by Gasteiger charge is 2.28. The molecule has 1 aliphatic rings. The van der Waals surface area contributed by atoms with E-state index in [1.165, 1.54) is 11.1 Å². The van der Waals surface area contributed by atoms with Gasteiger partial charge in [-0.05, 0) is 22.3 Å². The Labute approximate surface area is 285 Å². The number of rotatable bonds is 12. The zero-order valence-electron chi connectivity index (χ0n) is 27.8. The van der Waals surface area contributed by atoms with E-state index in [1.807, 2.05) is 97.1 Å². The second-order valence-electron chi connectivity index (χ2n) is 12.5. The molecule has 1 heterocycles. The zero-order chi connectivity index (χ0) is 33.2. The Morgan fingerprint density at radius 3 is 1.19 bits per heavy atom. The molecule has 256 valence electrons. The maximum Gasteiger partial charge on any atom is 0.109 e. The third-order valence-electron chi connectivity index (χ3n) is 8.38. The quantitative estimate of drug-likeness (QED) is 0.223. The van der Waals surface area contributed by atoms with E-state index in [0.717, 1.165) is 11.1 Å². The van der Waals surface area contributed by atoms with E-state index >= 15 is 0 Å². The number of hydrogen-bond donors (Lipinski definition) is 2. The Kier molecular flexibility index (Phi) is 15.1. The summed E-state index contributed by atoms with van der Waals surface area (Å²) in [5.74, 6) is 0. The van der Waals surface area contributed by atoms with E-state index in [9.17, 15) is 10.2 Å². The fourth-order valence-electron chi connectivity index (χ4n) is 5.87. The van der Waals surface area contributed by atoms with Gasteiger partial charge in [-0.2, -0.15) is 0 Å². The molecule has 1 saturated heterocycles. The highest BCUT2D eigenvalue weighted by atomic mass is 16.6. The van der Waals surface area contributed by atoms with Gasteiger partial charge in [-0.1, -0.05) is 121 Å². The maximum absolute atomic E-state index is 11.3. The molecule has 4 aromatic rings. The highest BCUT2D eigenvalue weighted by molar-refractivity contribution is 5.16. The maximum atomic E-state index is 11.3. The summed E-state index contributed by atoms with van der Waals surface area (Å²) in [6.45, 7) is 5.23. The van der Waals surface area contributed by atoms with Crippen molar-refractivity contribution in [3.63, 3.8) is 0 Å². The summed E-state index contributed by atoms with van der Waals surface area (Å²) in [7, 11) is 0. The Balaban J connectivity index is 1.33. The van der Waals surface area contributed by atoms with E-state index in [-0.39, 0.29) is 26.4 Å². The fraction of sp³-hybridized carbons (Fsp3) is 0.400. The molecule has 1 fully saturated rings. The van der Waals surface area contributed by atoms with E-state index in [2.05, 4.69) is 34.1 Å². The third-order valence-corrected chi connectivity index (χ3v) is 8.38. The smallest absolute Gasteiger partial charge is 0.109 e. The second-order valence-corrected chi connectivity index (χ2v) is 12.5. The van der Waals surface area contributed by atoms with Crippen LogP contribution in [0.25, 0.3) is 0 Å². The molecule has 8 nitrogen and oxygen atoms in total. The molecule has 0 aliphatic carbocycles. The van der Waals surface area contributed by atoms with Gasteiger partial charge in [-0.25, -0.2) is 0 Å². The average Bonchev–Trinajstić information content (AvgIpc) is 3.11. The van der Waals surface area contributed by atoms with Crippen LogP contribution in [0.3, 0.4) is 0 Å². The minimum absolute atomic E-state index is 0.111. The van der Waals surface area contributed by atoms with Crippen LogP contribution in [-0.2, 0) is 45.3 Å². The molecule has 4 aromatic carbocycles. The molecule has 0 bridgehead atoms. The number of aliphatic hydroxyl groups excluding tert-OH is 2. The van der Waals surface area contributed by atoms with Crippen molar-refractivity contribution < 1.29 is 29.2 Å². The first kappa shape index (κ1) is 35.9. The van der Waals surface area contributed by atoms with Crippen molar-refractivity contribution in [2.75, 3.05) is 52.6 Å². The second kappa shape index (κ2) is 20.2. The van der Waals surface area contributed by atoms with Crippen molar-refractivity contribution in [1.29, 1.82) is 0 Å². The minimum Gasteiger partial charge on any atom is -0.389 e. The van der Waals surface area contributed by atoms with Gasteiger partial charge in [0, 0.05) is 39.3 Å². The van der Waals surface area contributed by atoms with Gasteiger partial charge in [0.25, 0.3) is 0 Å². The zero-order valence-corrected chi connectivity index (χ0v) is 27.8. The lowest BCUT2D eigenvalue weighted by atomic mass is 10.1. The van der Waals surface area contributed by atoms with Crippen LogP contribution in [0.1, 0.15) is 22.3 Å². The molecule has 0 aromatic heterocycles. The SMILES string of the molecule is OC1CO[C@@H](COCc2ccccc2)[C@H](COCc2ccccc2)OCC(O)CN(Cc2ccccc2)CCN(Cc2ccccc2)C1. The van der Waals surface area contributed by atoms with E-state index < -0.39 is 24.4 Å². The van der Waals surface area contributed by atoms with Gasteiger partial charge in [-0.15, -0.1) is 0 Å². The van der Waals surface area contributed by atoms with Crippen molar-refractivity contribution in [3.8, 4) is 0 Å². The number of β-amino-alcohol motifs (C(OH)–C–C–N with tert-alkyl or cyclic N) is 2. The first-order valence-corrected chi connectivity index (χ1v) is 17.0. The van der Waals surface area contributed by atoms with Gasteiger partial charge in [0.1, 0.15) is 12.2 Å². The normalized spacial score (nSPS) is 22.2. The molecule has 0 saturated carbocycles. The summed E-state index contributed by atoms with van der Waals surface area (Å²) in [5.41, 5.74) is 4.47. The van der Waals surface area contributed by atoms with Crippen LogP contribution >= 0.6 is 0 Å². The van der Waals surface area contributed by atoms with E-state index in [1.54, 1.807) is 0 Å². The predicted molar refractivity (Wildman–Crippen MR) is 187 cm³/mol. The monoisotopic (exact) mass is 654 g/mol. The molecular formula is C40H50N2O6. The van der Waals surface area contributed by atoms with E-state index in [4.69, 9.17) is 18.9 Å². The summed E-state index contributed by atoms with van der Waals surface area (Å²) in [6, 6.07) is 40.6. The molecule has 4 atom stereocenters. The Morgan fingerprint density at radius 2 is 0.833 bits per heavy atom. The summed E-state index contributed by atoms with van der Waals surface area (Å²) >= 11 is 0. The van der Waals surface area contributed by atoms with Crippen LogP contribution in [0.5, 0.6) is 0 Å². The van der Waals surface area contributed by atoms with Crippen molar-refractivity contribution >= 4 is 0 Å². The van der Waals surface area contributed by atoms with Gasteiger partial charge in [0.2, 0.25) is 0 Å². The van der Waals surface area contributed by atoms with Crippen molar-refractivity contribution in [2.24, 2.45) is 0 Å². The molecule has 5 rings (SSSR count). The van der Waals surface area contributed by atoms with Crippen LogP contribution in [0.4, 0.5) is 0 Å². The fourth-order valence-corrected chi connectivity index (χ4v) is 5.87. The van der Waals surface area contributed by atoms with Crippen LogP contribution in [0.15, 0.2) is 121 Å². The largest absolute Gasteiger partial charge is 0.389 e. The lowest BCUT2D eigenvalue weighted by Crippen LogP contribution is -2.46. The van der Waals surface area contributed by atoms with Crippen molar-refractivity contribution in [2.45, 2.75) is 50.7 Å². The molecule has 0 spiro atoms. The molecule has 2 unspecified atom stereocenters. The van der Waals surface area contributed by atoms with Crippen LogP contribution in [0, 0.1) is 0 Å². The minimum atomic E-state index is -0.729. The van der Waals surface area contributed by atoms with Gasteiger partial charge in [0.15, 0.2) is 0 Å². The third kappa shape index (κ3) is 12.9. The topological polar surface area (TPSA) is 83.9 Å². The number of hydrogen-bond acceptors (Lipinski definition) is 8. The van der Waals surface area contributed by atoms with Crippen LogP contribution < -0.4 is 0 Å². The summed E-state index contributed by atoms with van der Waals surface area (Å²) in [5, 5.41) is 22.6. The molecular weight excluding hydrogens is 604 g/mol. The Bertz CT molecular complexity index is 1290. The van der Waals surface area contributed by atoms with Crippen LogP contribution in [0.2, 0.25) is 0 Å². The predicted octanol–water partition coefficient (Wildman–Crippen LogP) is 4.93. The molecule has 48 heavy (non-hydrogen) atoms. The van der Waals surface area contributed by atoms with Gasteiger partial charge in [0.05, 0.1) is 51.8 Å². The van der Waals surface area contributed by atoms with E-state index in [0.29, 0.717) is 52.5 Å². The first-order chi connectivity index (χ1) is 23.6. The Hall–Kier alpha value is -3.44. The van der Waals surface area contributed by atoms with Gasteiger partial charge >= 0.3 is 0 Å². The summed E-state index contributed by atoms with van der Waals surface area (Å²) in [6.07, 6.45) is -2.52. The average molecular weight is 655 g/mol. The lowest BCUT2D eigenvalue weighted by Gasteiger charge is -2.33. The molecule has 8 heteroatoms. The van der Waals surface area contributed by atoms with Gasteiger partial charge < -0.3 is 29.2 Å². The number of benzene rings is 4.